The van der Waals surface area contributed by atoms with Crippen molar-refractivity contribution < 1.29 is 23.0 Å². The standard InChI is InChI=1S/C32H60N2O5Si3/c1-31-18-17-24(33-35-2)19-23(31)13-14-25-26-15-16-27(28(34-36-3)21-37-40(4,5)6)32(26,22-38-41(7,8)9)20-29(30(25)31)39-42(10,11)12/h19,25-27,29-30H,13-18,20-22H2,1-12H3/b33-24-,34-28+/t25-,26-,27+,29?,30+,31-,32+/m0/s1. The van der Waals surface area contributed by atoms with Gasteiger partial charge >= 0.3 is 0 Å². The highest BCUT2D eigenvalue weighted by Crippen LogP contribution is 2.67. The van der Waals surface area contributed by atoms with Crippen LogP contribution in [0, 0.1) is 34.5 Å². The zero-order chi connectivity index (χ0) is 31.1. The number of nitrogens with zero attached hydrogens (tertiary/aromatic N) is 2. The van der Waals surface area contributed by atoms with Crippen molar-refractivity contribution in [3.05, 3.63) is 11.6 Å². The van der Waals surface area contributed by atoms with E-state index in [-0.39, 0.29) is 22.9 Å². The number of fused-ring (bicyclic) bond motifs is 5. The third kappa shape index (κ3) is 7.36. The fourth-order valence-corrected chi connectivity index (χ4v) is 11.3. The molecule has 0 amide bonds. The summed E-state index contributed by atoms with van der Waals surface area (Å²) in [5.74, 6) is 1.95. The van der Waals surface area contributed by atoms with Gasteiger partial charge in [-0.3, -0.25) is 0 Å². The maximum Gasteiger partial charge on any atom is 0.184 e. The molecule has 0 N–H and O–H groups in total. The van der Waals surface area contributed by atoms with Gasteiger partial charge in [0.15, 0.2) is 25.0 Å². The minimum atomic E-state index is -1.85. The Balaban J connectivity index is 1.81. The Hall–Kier alpha value is -0.789. The summed E-state index contributed by atoms with van der Waals surface area (Å²) in [6.45, 7) is 24.7. The lowest BCUT2D eigenvalue weighted by molar-refractivity contribution is -0.132. The number of oxime groups is 2. The predicted octanol–water partition coefficient (Wildman–Crippen LogP) is 8.08. The highest BCUT2D eigenvalue weighted by Gasteiger charge is 2.65. The van der Waals surface area contributed by atoms with Gasteiger partial charge in [0, 0.05) is 24.0 Å². The van der Waals surface area contributed by atoms with Gasteiger partial charge in [-0.1, -0.05) is 22.8 Å². The van der Waals surface area contributed by atoms with Crippen molar-refractivity contribution in [2.45, 2.75) is 117 Å². The van der Waals surface area contributed by atoms with E-state index in [4.69, 9.17) is 28.1 Å². The van der Waals surface area contributed by atoms with Crippen molar-refractivity contribution in [3.63, 3.8) is 0 Å². The van der Waals surface area contributed by atoms with Crippen molar-refractivity contribution in [2.75, 3.05) is 27.4 Å². The summed E-state index contributed by atoms with van der Waals surface area (Å²) >= 11 is 0. The van der Waals surface area contributed by atoms with Crippen LogP contribution in [0.2, 0.25) is 58.9 Å². The molecule has 4 aliphatic rings. The van der Waals surface area contributed by atoms with E-state index in [2.05, 4.69) is 77.1 Å². The molecule has 0 heterocycles. The molecule has 0 spiro atoms. The van der Waals surface area contributed by atoms with E-state index in [0.717, 1.165) is 50.1 Å². The third-order valence-corrected chi connectivity index (χ3v) is 13.4. The van der Waals surface area contributed by atoms with E-state index >= 15 is 0 Å². The predicted molar refractivity (Wildman–Crippen MR) is 181 cm³/mol. The second kappa shape index (κ2) is 12.5. The zero-order valence-electron chi connectivity index (χ0n) is 28.8. The van der Waals surface area contributed by atoms with Crippen LogP contribution in [0.15, 0.2) is 22.0 Å². The summed E-state index contributed by atoms with van der Waals surface area (Å²) in [6.07, 6.45) is 10.3. The number of hydrogen-bond acceptors (Lipinski definition) is 7. The Morgan fingerprint density at radius 3 is 2.17 bits per heavy atom. The van der Waals surface area contributed by atoms with E-state index in [0.29, 0.717) is 24.4 Å². The average molecular weight is 637 g/mol. The minimum absolute atomic E-state index is 0.0269. The monoisotopic (exact) mass is 636 g/mol. The Kier molecular flexibility index (Phi) is 10.2. The largest absolute Gasteiger partial charge is 0.417 e. The van der Waals surface area contributed by atoms with Gasteiger partial charge in [0.1, 0.15) is 14.2 Å². The normalized spacial score (nSPS) is 36.7. The minimum Gasteiger partial charge on any atom is -0.417 e. The van der Waals surface area contributed by atoms with Crippen LogP contribution in [-0.4, -0.2) is 69.9 Å². The van der Waals surface area contributed by atoms with Gasteiger partial charge in [0.05, 0.1) is 18.0 Å². The van der Waals surface area contributed by atoms with Gasteiger partial charge in [-0.05, 0) is 133 Å². The highest BCUT2D eigenvalue weighted by molar-refractivity contribution is 6.70. The molecule has 3 saturated carbocycles. The van der Waals surface area contributed by atoms with Crippen LogP contribution in [0.4, 0.5) is 0 Å². The van der Waals surface area contributed by atoms with Gasteiger partial charge in [0.2, 0.25) is 0 Å². The van der Waals surface area contributed by atoms with Crippen molar-refractivity contribution in [1.82, 2.24) is 0 Å². The Labute approximate surface area is 259 Å². The first-order valence-corrected chi connectivity index (χ1v) is 26.5. The van der Waals surface area contributed by atoms with Crippen molar-refractivity contribution in [3.8, 4) is 0 Å². The molecule has 7 nitrogen and oxygen atoms in total. The fourth-order valence-electron chi connectivity index (χ4n) is 8.92. The summed E-state index contributed by atoms with van der Waals surface area (Å²) < 4.78 is 20.8. The first kappa shape index (κ1) is 34.1. The molecule has 0 aromatic rings. The molecular formula is C32H60N2O5Si3. The second-order valence-corrected chi connectivity index (χ2v) is 30.1. The number of allylic oxidation sites excluding steroid dienone is 2. The lowest BCUT2D eigenvalue weighted by Crippen LogP contribution is -2.61. The lowest BCUT2D eigenvalue weighted by atomic mass is 9.45. The maximum atomic E-state index is 7.32. The van der Waals surface area contributed by atoms with Crippen molar-refractivity contribution >= 4 is 36.4 Å². The van der Waals surface area contributed by atoms with E-state index in [1.807, 2.05) is 0 Å². The molecule has 0 bridgehead atoms. The first-order chi connectivity index (χ1) is 19.4. The van der Waals surface area contributed by atoms with Crippen molar-refractivity contribution in [1.29, 1.82) is 0 Å². The second-order valence-electron chi connectivity index (χ2n) is 16.6. The van der Waals surface area contributed by atoms with E-state index in [9.17, 15) is 0 Å². The summed E-state index contributed by atoms with van der Waals surface area (Å²) in [6, 6.07) is 0. The first-order valence-electron chi connectivity index (χ1n) is 16.3. The van der Waals surface area contributed by atoms with Crippen LogP contribution in [-0.2, 0) is 23.0 Å². The molecule has 1 unspecified atom stereocenters. The van der Waals surface area contributed by atoms with Gasteiger partial charge in [-0.25, -0.2) is 0 Å². The van der Waals surface area contributed by atoms with Crippen molar-refractivity contribution in [2.24, 2.45) is 44.8 Å². The molecule has 42 heavy (non-hydrogen) atoms. The van der Waals surface area contributed by atoms with Gasteiger partial charge in [0.25, 0.3) is 0 Å². The average Bonchev–Trinajstić information content (AvgIpc) is 3.23. The highest BCUT2D eigenvalue weighted by atomic mass is 28.4. The molecule has 0 aromatic heterocycles. The lowest BCUT2D eigenvalue weighted by Gasteiger charge is -2.62. The maximum absolute atomic E-state index is 7.32. The van der Waals surface area contributed by atoms with E-state index < -0.39 is 25.0 Å². The zero-order valence-corrected chi connectivity index (χ0v) is 31.8. The molecule has 0 aromatic carbocycles. The van der Waals surface area contributed by atoms with Crippen LogP contribution >= 0.6 is 0 Å². The number of hydrogen-bond donors (Lipinski definition) is 0. The summed E-state index contributed by atoms with van der Waals surface area (Å²) in [4.78, 5) is 10.7. The van der Waals surface area contributed by atoms with E-state index in [1.54, 1.807) is 19.8 Å². The Morgan fingerprint density at radius 2 is 1.57 bits per heavy atom. The van der Waals surface area contributed by atoms with Crippen LogP contribution < -0.4 is 0 Å². The van der Waals surface area contributed by atoms with Crippen LogP contribution in [0.5, 0.6) is 0 Å². The fraction of sp³-hybridized carbons (Fsp3) is 0.875. The molecule has 0 radical (unpaired) electrons. The summed E-state index contributed by atoms with van der Waals surface area (Å²) in [5, 5.41) is 9.05. The Morgan fingerprint density at radius 1 is 0.881 bits per heavy atom. The molecule has 10 heteroatoms. The SMILES string of the molecule is CO/N=C1\C=C2CC[C@H]3[C@@H]4CC[C@H](/C(CO[Si](C)(C)C)=N/OC)[C@@]4(CO[Si](C)(C)C)CC(O[Si](C)(C)C)[C@@H]3[C@@]2(C)CC1. The van der Waals surface area contributed by atoms with Gasteiger partial charge in [-0.15, -0.1) is 0 Å². The molecule has 4 aliphatic carbocycles. The molecule has 7 atom stereocenters. The van der Waals surface area contributed by atoms with Gasteiger partial charge in [-0.2, -0.15) is 0 Å². The topological polar surface area (TPSA) is 70.9 Å². The quantitative estimate of drug-likeness (QED) is 0.130. The summed E-state index contributed by atoms with van der Waals surface area (Å²) in [7, 11) is -2.02. The van der Waals surface area contributed by atoms with Gasteiger partial charge < -0.3 is 23.0 Å². The Bertz CT molecular complexity index is 1060. The molecule has 0 saturated heterocycles. The third-order valence-electron chi connectivity index (χ3n) is 10.4. The molecule has 0 aliphatic heterocycles. The van der Waals surface area contributed by atoms with Crippen LogP contribution in [0.3, 0.4) is 0 Å². The smallest absolute Gasteiger partial charge is 0.184 e. The van der Waals surface area contributed by atoms with Crippen LogP contribution in [0.25, 0.3) is 0 Å². The van der Waals surface area contributed by atoms with E-state index in [1.165, 1.54) is 12.8 Å². The van der Waals surface area contributed by atoms with Crippen LogP contribution in [0.1, 0.15) is 51.9 Å². The summed E-state index contributed by atoms with van der Waals surface area (Å²) in [5.41, 5.74) is 3.81. The number of rotatable bonds is 11. The molecule has 3 fully saturated rings. The molecule has 240 valence electrons. The molecular weight excluding hydrogens is 577 g/mol. The molecule has 4 rings (SSSR count).